The molecule has 0 aliphatic carbocycles. The molecule has 1 unspecified atom stereocenters. The molecule has 3 nitrogen and oxygen atoms in total. The normalized spacial score (nSPS) is 11.8. The summed E-state index contributed by atoms with van der Waals surface area (Å²) in [6.45, 7) is 2.02. The van der Waals surface area contributed by atoms with Gasteiger partial charge >= 0.3 is 0 Å². The van der Waals surface area contributed by atoms with Gasteiger partial charge in [-0.05, 0) is 37.3 Å². The topological polar surface area (TPSA) is 38.3 Å². The van der Waals surface area contributed by atoms with Crippen LogP contribution in [-0.4, -0.2) is 18.3 Å². The van der Waals surface area contributed by atoms with Crippen LogP contribution in [0.25, 0.3) is 0 Å². The Morgan fingerprint density at radius 3 is 2.55 bits per heavy atom. The van der Waals surface area contributed by atoms with Gasteiger partial charge < -0.3 is 10.1 Å². The van der Waals surface area contributed by atoms with Crippen molar-refractivity contribution < 1.29 is 13.9 Å². The molecule has 2 aromatic carbocycles. The van der Waals surface area contributed by atoms with Crippen molar-refractivity contribution in [1.29, 1.82) is 0 Å². The number of nitrogens with one attached hydrogen (secondary N) is 1. The van der Waals surface area contributed by atoms with Gasteiger partial charge in [0.25, 0.3) is 0 Å². The van der Waals surface area contributed by atoms with Crippen molar-refractivity contribution in [2.75, 3.05) is 7.11 Å². The summed E-state index contributed by atoms with van der Waals surface area (Å²) in [7, 11) is 1.61. The minimum absolute atomic E-state index is 0.121. The molecule has 5 heteroatoms. The number of ether oxygens (including phenoxy) is 1. The molecule has 0 saturated heterocycles. The van der Waals surface area contributed by atoms with Gasteiger partial charge in [0, 0.05) is 17.0 Å². The number of hydrogen-bond donors (Lipinski definition) is 1. The van der Waals surface area contributed by atoms with E-state index in [9.17, 15) is 9.18 Å². The van der Waals surface area contributed by atoms with Crippen LogP contribution in [-0.2, 0) is 11.3 Å². The predicted octanol–water partition coefficient (Wildman–Crippen LogP) is 3.63. The van der Waals surface area contributed by atoms with Crippen molar-refractivity contribution in [2.24, 2.45) is 0 Å². The Labute approximate surface area is 133 Å². The number of carbonyl (C=O) groups is 1. The first kappa shape index (κ1) is 16.4. The fourth-order valence-corrected chi connectivity index (χ4v) is 2.77. The third kappa shape index (κ3) is 4.49. The molecule has 0 fully saturated rings. The lowest BCUT2D eigenvalue weighted by Crippen LogP contribution is -2.30. The van der Waals surface area contributed by atoms with Crippen LogP contribution in [0.1, 0.15) is 12.5 Å². The van der Waals surface area contributed by atoms with Crippen molar-refractivity contribution in [3.05, 3.63) is 59.9 Å². The molecule has 2 aromatic rings. The second-order valence-corrected chi connectivity index (χ2v) is 6.16. The highest BCUT2D eigenvalue weighted by Crippen LogP contribution is 2.25. The standard InChI is InChI=1S/C17H18FNO2S/c1-12(22-15-9-7-14(21-2)8-10-15)17(20)19-11-13-5-3-4-6-16(13)18/h3-10,12H,11H2,1-2H3,(H,19,20). The minimum atomic E-state index is -0.307. The monoisotopic (exact) mass is 319 g/mol. The first-order chi connectivity index (χ1) is 10.6. The zero-order chi connectivity index (χ0) is 15.9. The van der Waals surface area contributed by atoms with E-state index in [1.54, 1.807) is 25.3 Å². The lowest BCUT2D eigenvalue weighted by atomic mass is 10.2. The average Bonchev–Trinajstić information content (AvgIpc) is 2.54. The summed E-state index contributed by atoms with van der Waals surface area (Å²) >= 11 is 1.45. The molecule has 2 rings (SSSR count). The molecule has 1 N–H and O–H groups in total. The van der Waals surface area contributed by atoms with Gasteiger partial charge in [0.05, 0.1) is 12.4 Å². The maximum atomic E-state index is 13.5. The lowest BCUT2D eigenvalue weighted by molar-refractivity contribution is -0.120. The molecular formula is C17H18FNO2S. The summed E-state index contributed by atoms with van der Waals surface area (Å²) in [5, 5.41) is 2.49. The van der Waals surface area contributed by atoms with Crippen molar-refractivity contribution in [2.45, 2.75) is 23.6 Å². The number of benzene rings is 2. The number of hydrogen-bond acceptors (Lipinski definition) is 3. The Morgan fingerprint density at radius 1 is 1.23 bits per heavy atom. The van der Waals surface area contributed by atoms with E-state index in [1.807, 2.05) is 31.2 Å². The summed E-state index contributed by atoms with van der Waals surface area (Å²) in [6.07, 6.45) is 0. The van der Waals surface area contributed by atoms with Crippen molar-refractivity contribution in [1.82, 2.24) is 5.32 Å². The molecule has 1 amide bonds. The van der Waals surface area contributed by atoms with Gasteiger partial charge in [-0.2, -0.15) is 0 Å². The van der Waals surface area contributed by atoms with Crippen molar-refractivity contribution >= 4 is 17.7 Å². The second-order valence-electron chi connectivity index (χ2n) is 4.74. The van der Waals surface area contributed by atoms with Gasteiger partial charge in [-0.1, -0.05) is 18.2 Å². The first-order valence-electron chi connectivity index (χ1n) is 6.92. The van der Waals surface area contributed by atoms with Crippen molar-refractivity contribution in [3.8, 4) is 5.75 Å². The number of carbonyl (C=O) groups excluding carboxylic acids is 1. The Bertz CT molecular complexity index is 631. The molecule has 0 bridgehead atoms. The van der Waals surface area contributed by atoms with Crippen LogP contribution in [0, 0.1) is 5.82 Å². The number of halogens is 1. The fourth-order valence-electron chi connectivity index (χ4n) is 1.88. The molecule has 0 aromatic heterocycles. The molecule has 0 aliphatic heterocycles. The highest BCUT2D eigenvalue weighted by Gasteiger charge is 2.14. The molecule has 1 atom stereocenters. The van der Waals surface area contributed by atoms with Crippen molar-refractivity contribution in [3.63, 3.8) is 0 Å². The quantitative estimate of drug-likeness (QED) is 0.826. The fraction of sp³-hybridized carbons (Fsp3) is 0.235. The minimum Gasteiger partial charge on any atom is -0.497 e. The van der Waals surface area contributed by atoms with Crippen LogP contribution in [0.15, 0.2) is 53.4 Å². The third-order valence-electron chi connectivity index (χ3n) is 3.15. The molecule has 0 saturated carbocycles. The summed E-state index contributed by atoms with van der Waals surface area (Å²) in [4.78, 5) is 13.1. The average molecular weight is 319 g/mol. The van der Waals surface area contributed by atoms with E-state index < -0.39 is 0 Å². The van der Waals surface area contributed by atoms with Gasteiger partial charge in [0.15, 0.2) is 0 Å². The Kier molecular flexibility index (Phi) is 5.83. The molecule has 0 aliphatic rings. The van der Waals surface area contributed by atoms with Crippen LogP contribution < -0.4 is 10.1 Å². The van der Waals surface area contributed by atoms with Crippen LogP contribution in [0.5, 0.6) is 5.75 Å². The molecule has 22 heavy (non-hydrogen) atoms. The van der Waals surface area contributed by atoms with E-state index in [0.717, 1.165) is 10.6 Å². The van der Waals surface area contributed by atoms with E-state index >= 15 is 0 Å². The van der Waals surface area contributed by atoms with Gasteiger partial charge in [0.1, 0.15) is 11.6 Å². The SMILES string of the molecule is COc1ccc(SC(C)C(=O)NCc2ccccc2F)cc1. The van der Waals surface area contributed by atoms with E-state index in [-0.39, 0.29) is 23.5 Å². The Hall–Kier alpha value is -2.01. The number of rotatable bonds is 6. The summed E-state index contributed by atoms with van der Waals surface area (Å²) < 4.78 is 18.6. The maximum Gasteiger partial charge on any atom is 0.233 e. The van der Waals surface area contributed by atoms with E-state index in [4.69, 9.17) is 4.74 Å². The highest BCUT2D eigenvalue weighted by atomic mass is 32.2. The smallest absolute Gasteiger partial charge is 0.233 e. The molecular weight excluding hydrogens is 301 g/mol. The van der Waals surface area contributed by atoms with Crippen LogP contribution in [0.4, 0.5) is 4.39 Å². The number of thioether (sulfide) groups is 1. The molecule has 116 valence electrons. The molecule has 0 spiro atoms. The van der Waals surface area contributed by atoms with E-state index in [0.29, 0.717) is 5.56 Å². The van der Waals surface area contributed by atoms with Crippen LogP contribution >= 0.6 is 11.8 Å². The van der Waals surface area contributed by atoms with Gasteiger partial charge in [-0.25, -0.2) is 4.39 Å². The van der Waals surface area contributed by atoms with E-state index in [2.05, 4.69) is 5.32 Å². The lowest BCUT2D eigenvalue weighted by Gasteiger charge is -2.12. The third-order valence-corrected chi connectivity index (χ3v) is 4.26. The summed E-state index contributed by atoms with van der Waals surface area (Å²) in [5.74, 6) is 0.350. The summed E-state index contributed by atoms with van der Waals surface area (Å²) in [6, 6.07) is 13.9. The zero-order valence-corrected chi connectivity index (χ0v) is 13.3. The number of amides is 1. The first-order valence-corrected chi connectivity index (χ1v) is 7.80. The second kappa shape index (κ2) is 7.84. The summed E-state index contributed by atoms with van der Waals surface area (Å²) in [5.41, 5.74) is 0.484. The van der Waals surface area contributed by atoms with Crippen LogP contribution in [0.2, 0.25) is 0 Å². The zero-order valence-electron chi connectivity index (χ0n) is 12.5. The highest BCUT2D eigenvalue weighted by molar-refractivity contribution is 8.00. The Balaban J connectivity index is 1.87. The van der Waals surface area contributed by atoms with Crippen LogP contribution in [0.3, 0.4) is 0 Å². The maximum absolute atomic E-state index is 13.5. The Morgan fingerprint density at radius 2 is 1.91 bits per heavy atom. The molecule has 0 heterocycles. The molecule has 0 radical (unpaired) electrons. The predicted molar refractivity (Wildman–Crippen MR) is 86.6 cm³/mol. The van der Waals surface area contributed by atoms with Gasteiger partial charge in [-0.3, -0.25) is 4.79 Å². The van der Waals surface area contributed by atoms with Gasteiger partial charge in [0.2, 0.25) is 5.91 Å². The largest absolute Gasteiger partial charge is 0.497 e. The van der Waals surface area contributed by atoms with Gasteiger partial charge in [-0.15, -0.1) is 11.8 Å². The number of methoxy groups -OCH3 is 1. The van der Waals surface area contributed by atoms with E-state index in [1.165, 1.54) is 17.8 Å².